The zero-order valence-corrected chi connectivity index (χ0v) is 17.7. The minimum Gasteiger partial charge on any atom is -0.493 e. The van der Waals surface area contributed by atoms with Gasteiger partial charge in [-0.25, -0.2) is 5.43 Å². The van der Waals surface area contributed by atoms with Crippen molar-refractivity contribution in [3.05, 3.63) is 23.8 Å². The van der Waals surface area contributed by atoms with E-state index >= 15 is 0 Å². The Hall–Kier alpha value is -3.10. The lowest BCUT2D eigenvalue weighted by molar-refractivity contribution is 0.311. The Balaban J connectivity index is 1.52. The second-order valence-electron chi connectivity index (χ2n) is 7.36. The van der Waals surface area contributed by atoms with Gasteiger partial charge in [-0.2, -0.15) is 20.1 Å². The Morgan fingerprint density at radius 2 is 1.60 bits per heavy atom. The summed E-state index contributed by atoms with van der Waals surface area (Å²) in [6.45, 7) is 6.45. The van der Waals surface area contributed by atoms with Gasteiger partial charge >= 0.3 is 0 Å². The molecule has 3 heterocycles. The fraction of sp³-hybridized carbons (Fsp3) is 0.524. The van der Waals surface area contributed by atoms with Crippen molar-refractivity contribution in [2.45, 2.75) is 32.6 Å². The first-order chi connectivity index (χ1) is 14.8. The van der Waals surface area contributed by atoms with E-state index in [1.165, 1.54) is 25.7 Å². The fourth-order valence-electron chi connectivity index (χ4n) is 3.73. The van der Waals surface area contributed by atoms with Crippen molar-refractivity contribution in [2.24, 2.45) is 5.10 Å². The number of methoxy groups -OCH3 is 1. The van der Waals surface area contributed by atoms with Crippen LogP contribution in [0.3, 0.4) is 0 Å². The quantitative estimate of drug-likeness (QED) is 0.524. The van der Waals surface area contributed by atoms with Crippen molar-refractivity contribution in [3.63, 3.8) is 0 Å². The molecule has 2 aromatic rings. The molecule has 4 rings (SSSR count). The van der Waals surface area contributed by atoms with Gasteiger partial charge in [-0.3, -0.25) is 0 Å². The van der Waals surface area contributed by atoms with Crippen LogP contribution in [0.5, 0.6) is 11.5 Å². The number of hydrogen-bond acceptors (Lipinski definition) is 9. The van der Waals surface area contributed by atoms with Gasteiger partial charge in [0.1, 0.15) is 0 Å². The number of ether oxygens (including phenoxy) is 2. The van der Waals surface area contributed by atoms with Gasteiger partial charge in [0.15, 0.2) is 11.5 Å². The summed E-state index contributed by atoms with van der Waals surface area (Å²) in [5.74, 6) is 3.31. The van der Waals surface area contributed by atoms with Crippen LogP contribution in [0, 0.1) is 0 Å². The van der Waals surface area contributed by atoms with Crippen LogP contribution in [0.2, 0.25) is 0 Å². The van der Waals surface area contributed by atoms with E-state index < -0.39 is 0 Å². The third-order valence-corrected chi connectivity index (χ3v) is 5.26. The van der Waals surface area contributed by atoms with E-state index in [4.69, 9.17) is 14.5 Å². The Morgan fingerprint density at radius 1 is 0.967 bits per heavy atom. The molecular formula is C21H29N7O2. The van der Waals surface area contributed by atoms with Crippen LogP contribution in [0.25, 0.3) is 0 Å². The average Bonchev–Trinajstić information content (AvgIpc) is 3.48. The predicted molar refractivity (Wildman–Crippen MR) is 118 cm³/mol. The number of hydrazone groups is 1. The number of hydrogen-bond donors (Lipinski definition) is 1. The summed E-state index contributed by atoms with van der Waals surface area (Å²) in [5, 5.41) is 4.34. The van der Waals surface area contributed by atoms with Gasteiger partial charge in [-0.1, -0.05) is 0 Å². The SMILES string of the molecule is CCOc1cc(/C=N\Nc2nc(N3CCCC3)nc(N3CCCC3)n2)ccc1OC. The molecular weight excluding hydrogens is 382 g/mol. The van der Waals surface area contributed by atoms with E-state index in [1.807, 2.05) is 25.1 Å². The molecule has 160 valence electrons. The topological polar surface area (TPSA) is 88.0 Å². The standard InChI is InChI=1S/C21H29N7O2/c1-3-30-18-14-16(8-9-17(18)29-2)15-22-26-19-23-20(27-10-4-5-11-27)25-21(24-19)28-12-6-7-13-28/h8-9,14-15H,3-7,10-13H2,1-2H3,(H,23,24,25,26)/b22-15-. The van der Waals surface area contributed by atoms with Gasteiger partial charge < -0.3 is 19.3 Å². The molecule has 2 saturated heterocycles. The molecule has 2 aliphatic heterocycles. The molecule has 0 unspecified atom stereocenters. The number of nitrogens with one attached hydrogen (secondary N) is 1. The lowest BCUT2D eigenvalue weighted by Crippen LogP contribution is -2.25. The third kappa shape index (κ3) is 4.72. The smallest absolute Gasteiger partial charge is 0.250 e. The van der Waals surface area contributed by atoms with Crippen LogP contribution < -0.4 is 24.7 Å². The number of benzene rings is 1. The lowest BCUT2D eigenvalue weighted by atomic mass is 10.2. The lowest BCUT2D eigenvalue weighted by Gasteiger charge is -2.20. The van der Waals surface area contributed by atoms with E-state index in [2.05, 4.69) is 30.3 Å². The highest BCUT2D eigenvalue weighted by Gasteiger charge is 2.21. The zero-order valence-electron chi connectivity index (χ0n) is 17.7. The van der Waals surface area contributed by atoms with Crippen LogP contribution in [0.15, 0.2) is 23.3 Å². The summed E-state index contributed by atoms with van der Waals surface area (Å²) in [6.07, 6.45) is 6.41. The van der Waals surface area contributed by atoms with Crippen LogP contribution in [-0.2, 0) is 0 Å². The molecule has 2 aliphatic rings. The Morgan fingerprint density at radius 3 is 2.17 bits per heavy atom. The van der Waals surface area contributed by atoms with Gasteiger partial charge in [-0.05, 0) is 56.4 Å². The van der Waals surface area contributed by atoms with Crippen LogP contribution >= 0.6 is 0 Å². The molecule has 0 spiro atoms. The van der Waals surface area contributed by atoms with Gasteiger partial charge in [0.05, 0.1) is 19.9 Å². The van der Waals surface area contributed by atoms with Crippen molar-refractivity contribution in [1.82, 2.24) is 15.0 Å². The third-order valence-electron chi connectivity index (χ3n) is 5.26. The van der Waals surface area contributed by atoms with Crippen molar-refractivity contribution in [2.75, 3.05) is 55.1 Å². The molecule has 0 bridgehead atoms. The van der Waals surface area contributed by atoms with Crippen molar-refractivity contribution in [1.29, 1.82) is 0 Å². The maximum Gasteiger partial charge on any atom is 0.250 e. The average molecular weight is 412 g/mol. The molecule has 1 N–H and O–H groups in total. The first-order valence-corrected chi connectivity index (χ1v) is 10.6. The maximum atomic E-state index is 5.63. The number of anilines is 3. The van der Waals surface area contributed by atoms with E-state index in [-0.39, 0.29) is 0 Å². The predicted octanol–water partition coefficient (Wildman–Crippen LogP) is 2.93. The first kappa shape index (κ1) is 20.2. The monoisotopic (exact) mass is 411 g/mol. The normalized spacial score (nSPS) is 16.5. The molecule has 0 atom stereocenters. The molecule has 9 nitrogen and oxygen atoms in total. The Labute approximate surface area is 177 Å². The number of rotatable bonds is 8. The van der Waals surface area contributed by atoms with Gasteiger partial charge in [0, 0.05) is 26.2 Å². The largest absolute Gasteiger partial charge is 0.493 e. The number of nitrogens with zero attached hydrogens (tertiary/aromatic N) is 6. The second-order valence-corrected chi connectivity index (χ2v) is 7.36. The fourth-order valence-corrected chi connectivity index (χ4v) is 3.73. The van der Waals surface area contributed by atoms with Gasteiger partial charge in [0.25, 0.3) is 0 Å². The minimum atomic E-state index is 0.462. The molecule has 0 amide bonds. The number of aromatic nitrogens is 3. The van der Waals surface area contributed by atoms with E-state index in [0.29, 0.717) is 24.1 Å². The summed E-state index contributed by atoms with van der Waals surface area (Å²) in [4.78, 5) is 18.4. The molecule has 1 aromatic heterocycles. The van der Waals surface area contributed by atoms with Crippen LogP contribution in [-0.4, -0.2) is 61.1 Å². The summed E-state index contributed by atoms with van der Waals surface area (Å²) >= 11 is 0. The minimum absolute atomic E-state index is 0.462. The highest BCUT2D eigenvalue weighted by molar-refractivity contribution is 5.81. The van der Waals surface area contributed by atoms with E-state index in [1.54, 1.807) is 13.3 Å². The van der Waals surface area contributed by atoms with E-state index in [0.717, 1.165) is 43.6 Å². The van der Waals surface area contributed by atoms with Gasteiger partial charge in [-0.15, -0.1) is 0 Å². The molecule has 0 aliphatic carbocycles. The zero-order chi connectivity index (χ0) is 20.8. The molecule has 2 fully saturated rings. The summed E-state index contributed by atoms with van der Waals surface area (Å²) in [6, 6.07) is 5.68. The Bertz CT molecular complexity index is 843. The Kier molecular flexibility index (Phi) is 6.46. The molecule has 9 heteroatoms. The van der Waals surface area contributed by atoms with Crippen LogP contribution in [0.1, 0.15) is 38.2 Å². The molecule has 1 aromatic carbocycles. The van der Waals surface area contributed by atoms with Crippen LogP contribution in [0.4, 0.5) is 17.8 Å². The van der Waals surface area contributed by atoms with E-state index in [9.17, 15) is 0 Å². The summed E-state index contributed by atoms with van der Waals surface area (Å²) < 4.78 is 11.0. The first-order valence-electron chi connectivity index (χ1n) is 10.6. The van der Waals surface area contributed by atoms with Crippen molar-refractivity contribution in [3.8, 4) is 11.5 Å². The maximum absolute atomic E-state index is 5.63. The van der Waals surface area contributed by atoms with Crippen molar-refractivity contribution < 1.29 is 9.47 Å². The second kappa shape index (κ2) is 9.60. The highest BCUT2D eigenvalue weighted by Crippen LogP contribution is 2.27. The molecule has 30 heavy (non-hydrogen) atoms. The molecule has 0 radical (unpaired) electrons. The summed E-state index contributed by atoms with van der Waals surface area (Å²) in [5.41, 5.74) is 3.87. The molecule has 0 saturated carbocycles. The summed E-state index contributed by atoms with van der Waals surface area (Å²) in [7, 11) is 1.63. The van der Waals surface area contributed by atoms with Crippen molar-refractivity contribution >= 4 is 24.1 Å². The van der Waals surface area contributed by atoms with Gasteiger partial charge in [0.2, 0.25) is 17.8 Å². The highest BCUT2D eigenvalue weighted by atomic mass is 16.5.